The summed E-state index contributed by atoms with van der Waals surface area (Å²) >= 11 is 0. The predicted octanol–water partition coefficient (Wildman–Crippen LogP) is 2.93. The molecule has 3 saturated heterocycles. The van der Waals surface area contributed by atoms with E-state index >= 15 is 0 Å². The van der Waals surface area contributed by atoms with Crippen molar-refractivity contribution in [3.05, 3.63) is 11.6 Å². The van der Waals surface area contributed by atoms with Gasteiger partial charge < -0.3 is 34.9 Å². The summed E-state index contributed by atoms with van der Waals surface area (Å²) in [5.74, 6) is 0.0178. The maximum Gasteiger partial charge on any atom is 0.323 e. The molecule has 10 nitrogen and oxygen atoms in total. The molecule has 0 aromatic carbocycles. The van der Waals surface area contributed by atoms with E-state index in [-0.39, 0.29) is 64.6 Å². The second-order valence-corrected chi connectivity index (χ2v) is 15.3. The molecule has 2 amide bonds. The fourth-order valence-electron chi connectivity index (χ4n) is 10.2. The highest BCUT2D eigenvalue weighted by Crippen LogP contribution is 2.88. The number of epoxide rings is 2. The van der Waals surface area contributed by atoms with Gasteiger partial charge in [-0.15, -0.1) is 0 Å². The Labute approximate surface area is 261 Å². The lowest BCUT2D eigenvalue weighted by molar-refractivity contribution is -0.149. The van der Waals surface area contributed by atoms with Crippen LogP contribution in [0.15, 0.2) is 11.6 Å². The van der Waals surface area contributed by atoms with E-state index < -0.39 is 10.8 Å². The van der Waals surface area contributed by atoms with E-state index in [0.29, 0.717) is 19.6 Å². The Hall–Kier alpha value is -2.01. The molecule has 4 saturated carbocycles. The van der Waals surface area contributed by atoms with E-state index in [1.807, 2.05) is 0 Å². The smallest absolute Gasteiger partial charge is 0.323 e. The van der Waals surface area contributed by atoms with Gasteiger partial charge in [-0.2, -0.15) is 0 Å². The highest BCUT2D eigenvalue weighted by molar-refractivity contribution is 5.95. The summed E-state index contributed by atoms with van der Waals surface area (Å²) in [6, 6.07) is -0.309. The van der Waals surface area contributed by atoms with Gasteiger partial charge in [-0.25, -0.2) is 0 Å². The van der Waals surface area contributed by atoms with Crippen LogP contribution >= 0.6 is 0 Å². The largest absolute Gasteiger partial charge is 0.464 e. The van der Waals surface area contributed by atoms with Gasteiger partial charge in [0.05, 0.1) is 47.9 Å². The van der Waals surface area contributed by atoms with E-state index in [0.717, 1.165) is 77.4 Å². The summed E-state index contributed by atoms with van der Waals surface area (Å²) in [6.07, 6.45) is 11.2. The van der Waals surface area contributed by atoms with Crippen molar-refractivity contribution in [1.29, 1.82) is 0 Å². The van der Waals surface area contributed by atoms with Crippen molar-refractivity contribution < 1.29 is 33.3 Å². The van der Waals surface area contributed by atoms with Gasteiger partial charge in [-0.1, -0.05) is 11.6 Å². The van der Waals surface area contributed by atoms with Crippen LogP contribution < -0.4 is 16.0 Å². The van der Waals surface area contributed by atoms with Gasteiger partial charge in [0.1, 0.15) is 11.6 Å². The number of methoxy groups -OCH3 is 1. The second kappa shape index (κ2) is 10.8. The van der Waals surface area contributed by atoms with Gasteiger partial charge in [0, 0.05) is 25.0 Å². The molecule has 7 rings (SSSR count). The normalized spacial score (nSPS) is 45.9. The van der Waals surface area contributed by atoms with E-state index in [2.05, 4.69) is 42.8 Å². The lowest BCUT2D eigenvalue weighted by Gasteiger charge is -2.49. The van der Waals surface area contributed by atoms with Crippen LogP contribution in [0.5, 0.6) is 0 Å². The number of hydrogen-bond donors (Lipinski definition) is 3. The molecule has 44 heavy (non-hydrogen) atoms. The molecule has 244 valence electrons. The first-order valence-electron chi connectivity index (χ1n) is 17.0. The number of allylic oxidation sites excluding steroid dienone is 1. The number of carbonyl (C=O) groups is 3. The first kappa shape index (κ1) is 30.6. The molecule has 7 fully saturated rings. The molecule has 0 bridgehead atoms. The fourth-order valence-corrected chi connectivity index (χ4v) is 10.2. The Morgan fingerprint density at radius 3 is 2.48 bits per heavy atom. The zero-order valence-electron chi connectivity index (χ0n) is 26.9. The van der Waals surface area contributed by atoms with Gasteiger partial charge in [0.25, 0.3) is 0 Å². The molecule has 7 aliphatic rings. The van der Waals surface area contributed by atoms with E-state index in [1.54, 1.807) is 7.11 Å². The molecule has 4 aliphatic carbocycles. The van der Waals surface area contributed by atoms with Crippen molar-refractivity contribution in [1.82, 2.24) is 16.0 Å². The number of carbonyl (C=O) groups excluding carboxylic acids is 3. The third kappa shape index (κ3) is 4.52. The molecular formula is C34H51N3O7. The minimum atomic E-state index is -0.473. The molecule has 10 atom stereocenters. The van der Waals surface area contributed by atoms with Crippen LogP contribution in [0.25, 0.3) is 0 Å². The zero-order chi connectivity index (χ0) is 31.0. The van der Waals surface area contributed by atoms with Crippen molar-refractivity contribution in [2.75, 3.05) is 33.4 Å². The maximum atomic E-state index is 14.2. The first-order chi connectivity index (χ1) is 21.1. The number of rotatable bonds is 12. The average molecular weight is 614 g/mol. The summed E-state index contributed by atoms with van der Waals surface area (Å²) in [5.41, 5.74) is -0.431. The standard InChI is InChI=1S/C34H51N3O7/c1-21(2)8-9-24-30(3,44-24)26-25(41-4)22(10-11-33(26)20-43-33)37-29(40)31-12-13-32(19-34(31,32)15-14-31)28(39)36-17-6-18-42-27(38)23-7-5-16-35-23/h8,22-26,35H,5-7,9-20H2,1-4H3,(H,36,39)(H,37,40)/t22-,23+,24-,25-,26-,30+,31?,32?,33+,34?/m1/s1. The van der Waals surface area contributed by atoms with E-state index in [1.165, 1.54) is 5.57 Å². The van der Waals surface area contributed by atoms with Crippen LogP contribution in [-0.4, -0.2) is 86.7 Å². The molecule has 2 spiro atoms. The summed E-state index contributed by atoms with van der Waals surface area (Å²) < 4.78 is 24.0. The summed E-state index contributed by atoms with van der Waals surface area (Å²) in [6.45, 7) is 8.75. The van der Waals surface area contributed by atoms with Crippen LogP contribution in [-0.2, 0) is 33.3 Å². The van der Waals surface area contributed by atoms with Crippen LogP contribution in [0.2, 0.25) is 0 Å². The molecule has 0 aromatic heterocycles. The van der Waals surface area contributed by atoms with Crippen molar-refractivity contribution in [2.45, 2.75) is 127 Å². The summed E-state index contributed by atoms with van der Waals surface area (Å²) in [4.78, 5) is 39.8. The van der Waals surface area contributed by atoms with Crippen LogP contribution in [0, 0.1) is 22.2 Å². The minimum Gasteiger partial charge on any atom is -0.464 e. The van der Waals surface area contributed by atoms with E-state index in [9.17, 15) is 14.4 Å². The SMILES string of the molecule is CO[C@@H]1[C@H](NC(=O)C23CCC4(C(=O)NCCCOC(=O)[C@@H]5CCCN5)CC42CC3)CC[C@]2(CO2)[C@H]1[C@@]1(C)O[C@@H]1CC=C(C)C. The molecule has 3 unspecified atom stereocenters. The predicted molar refractivity (Wildman–Crippen MR) is 161 cm³/mol. The first-order valence-corrected chi connectivity index (χ1v) is 17.0. The average Bonchev–Trinajstić information content (AvgIpc) is 3.94. The molecule has 0 aromatic rings. The molecule has 10 heteroatoms. The van der Waals surface area contributed by atoms with Crippen molar-refractivity contribution >= 4 is 17.8 Å². The van der Waals surface area contributed by atoms with Gasteiger partial charge in [-0.3, -0.25) is 14.4 Å². The van der Waals surface area contributed by atoms with Gasteiger partial charge in [0.15, 0.2) is 0 Å². The fraction of sp³-hybridized carbons (Fsp3) is 0.853. The summed E-state index contributed by atoms with van der Waals surface area (Å²) in [7, 11) is 1.75. The molecule has 0 radical (unpaired) electrons. The number of nitrogens with one attached hydrogen (secondary N) is 3. The third-order valence-electron chi connectivity index (χ3n) is 12.9. The molecule has 3 heterocycles. The van der Waals surface area contributed by atoms with Crippen LogP contribution in [0.1, 0.15) is 91.4 Å². The Balaban J connectivity index is 0.955. The molecule has 3 aliphatic heterocycles. The van der Waals surface area contributed by atoms with E-state index in [4.69, 9.17) is 18.9 Å². The Morgan fingerprint density at radius 2 is 1.82 bits per heavy atom. The number of amides is 2. The highest BCUT2D eigenvalue weighted by atomic mass is 16.6. The zero-order valence-corrected chi connectivity index (χ0v) is 26.9. The molecule has 3 N–H and O–H groups in total. The number of esters is 1. The maximum absolute atomic E-state index is 14.2. The van der Waals surface area contributed by atoms with Gasteiger partial charge in [0.2, 0.25) is 11.8 Å². The van der Waals surface area contributed by atoms with Crippen LogP contribution in [0.4, 0.5) is 0 Å². The van der Waals surface area contributed by atoms with Gasteiger partial charge in [-0.05, 0) is 97.9 Å². The summed E-state index contributed by atoms with van der Waals surface area (Å²) in [5, 5.41) is 9.75. The van der Waals surface area contributed by atoms with Crippen molar-refractivity contribution in [3.8, 4) is 0 Å². The third-order valence-corrected chi connectivity index (χ3v) is 12.9. The molecular weight excluding hydrogens is 562 g/mol. The lowest BCUT2D eigenvalue weighted by atomic mass is 9.56. The minimum absolute atomic E-state index is 0.0468. The van der Waals surface area contributed by atoms with Crippen LogP contribution in [0.3, 0.4) is 0 Å². The Morgan fingerprint density at radius 1 is 1.05 bits per heavy atom. The van der Waals surface area contributed by atoms with Crippen molar-refractivity contribution in [2.24, 2.45) is 22.2 Å². The number of ether oxygens (including phenoxy) is 4. The van der Waals surface area contributed by atoms with Gasteiger partial charge >= 0.3 is 5.97 Å². The Bertz CT molecular complexity index is 1220. The Kier molecular flexibility index (Phi) is 7.50. The topological polar surface area (TPSA) is 131 Å². The monoisotopic (exact) mass is 613 g/mol. The van der Waals surface area contributed by atoms with Crippen molar-refractivity contribution in [3.63, 3.8) is 0 Å². The number of hydrogen-bond acceptors (Lipinski definition) is 8. The quantitative estimate of drug-likeness (QED) is 0.133. The lowest BCUT2D eigenvalue weighted by Crippen LogP contribution is -2.62. The second-order valence-electron chi connectivity index (χ2n) is 15.3. The highest BCUT2D eigenvalue weighted by Gasteiger charge is 2.88.